The first-order valence-electron chi connectivity index (χ1n) is 8.83. The monoisotopic (exact) mass is 356 g/mol. The second-order valence-electron chi connectivity index (χ2n) is 6.04. The molecule has 0 fully saturated rings. The van der Waals surface area contributed by atoms with Crippen LogP contribution in [0.2, 0.25) is 0 Å². The molecule has 0 atom stereocenters. The van der Waals surface area contributed by atoms with Gasteiger partial charge in [-0.05, 0) is 53.9 Å². The molecule has 1 nitrogen and oxygen atoms in total. The summed E-state index contributed by atoms with van der Waals surface area (Å²) in [6.07, 6.45) is 0. The summed E-state index contributed by atoms with van der Waals surface area (Å²) in [7, 11) is 0. The van der Waals surface area contributed by atoms with E-state index in [1.165, 1.54) is 32.0 Å². The predicted octanol–water partition coefficient (Wildman–Crippen LogP) is 7.15. The smallest absolute Gasteiger partial charge is 0.119 e. The molecule has 0 radical (unpaired) electrons. The van der Waals surface area contributed by atoms with Gasteiger partial charge < -0.3 is 4.74 Å². The van der Waals surface area contributed by atoms with Crippen LogP contribution in [0.15, 0.2) is 91.0 Å². The summed E-state index contributed by atoms with van der Waals surface area (Å²) in [4.78, 5) is 2.58. The maximum atomic E-state index is 5.57. The zero-order valence-electron chi connectivity index (χ0n) is 14.7. The van der Waals surface area contributed by atoms with Gasteiger partial charge in [-0.2, -0.15) is 0 Å². The van der Waals surface area contributed by atoms with E-state index < -0.39 is 0 Å². The van der Waals surface area contributed by atoms with Crippen LogP contribution < -0.4 is 4.74 Å². The number of hydrogen-bond acceptors (Lipinski definition) is 2. The van der Waals surface area contributed by atoms with Gasteiger partial charge in [0.1, 0.15) is 5.75 Å². The molecule has 0 bridgehead atoms. The lowest BCUT2D eigenvalue weighted by atomic mass is 10.0. The van der Waals surface area contributed by atoms with Crippen molar-refractivity contribution in [3.8, 4) is 37.8 Å². The number of benzene rings is 3. The minimum Gasteiger partial charge on any atom is -0.494 e. The zero-order chi connectivity index (χ0) is 17.8. The third-order valence-electron chi connectivity index (χ3n) is 4.30. The van der Waals surface area contributed by atoms with Crippen LogP contribution in [0.4, 0.5) is 0 Å². The Morgan fingerprint density at radius 1 is 0.692 bits per heavy atom. The first kappa shape index (κ1) is 16.6. The number of hydrogen-bond donors (Lipinski definition) is 0. The van der Waals surface area contributed by atoms with Gasteiger partial charge in [0.25, 0.3) is 0 Å². The first-order valence-corrected chi connectivity index (χ1v) is 9.64. The van der Waals surface area contributed by atoms with Gasteiger partial charge in [-0.3, -0.25) is 0 Å². The lowest BCUT2D eigenvalue weighted by Crippen LogP contribution is -1.90. The fraction of sp³-hybridized carbons (Fsp3) is 0.0833. The number of rotatable bonds is 5. The predicted molar refractivity (Wildman–Crippen MR) is 112 cm³/mol. The van der Waals surface area contributed by atoms with E-state index in [9.17, 15) is 0 Å². The standard InChI is InChI=1S/C24H20OS/c1-2-25-21-15-13-19(14-16-21)23-17-22(18-9-5-3-6-10-18)24(26-23)20-11-7-4-8-12-20/h3-17H,2H2,1H3. The summed E-state index contributed by atoms with van der Waals surface area (Å²) in [6.45, 7) is 2.69. The Labute approximate surface area is 158 Å². The molecule has 3 aromatic carbocycles. The molecule has 1 heterocycles. The lowest BCUT2D eigenvalue weighted by Gasteiger charge is -2.03. The fourth-order valence-electron chi connectivity index (χ4n) is 3.05. The van der Waals surface area contributed by atoms with E-state index in [1.807, 2.05) is 30.4 Å². The molecule has 4 rings (SSSR count). The molecule has 0 saturated heterocycles. The molecular weight excluding hydrogens is 336 g/mol. The SMILES string of the molecule is CCOc1ccc(-c2cc(-c3ccccc3)c(-c3ccccc3)s2)cc1. The quantitative estimate of drug-likeness (QED) is 0.369. The van der Waals surface area contributed by atoms with Crippen LogP contribution in [-0.4, -0.2) is 6.61 Å². The van der Waals surface area contributed by atoms with Crippen LogP contribution >= 0.6 is 11.3 Å². The minimum absolute atomic E-state index is 0.689. The molecule has 2 heteroatoms. The van der Waals surface area contributed by atoms with E-state index in [0.29, 0.717) is 6.61 Å². The fourth-order valence-corrected chi connectivity index (χ4v) is 4.24. The average molecular weight is 356 g/mol. The largest absolute Gasteiger partial charge is 0.494 e. The molecule has 4 aromatic rings. The Kier molecular flexibility index (Phi) is 4.85. The van der Waals surface area contributed by atoms with Gasteiger partial charge in [-0.25, -0.2) is 0 Å². The molecule has 1 aromatic heterocycles. The molecule has 0 unspecified atom stereocenters. The zero-order valence-corrected chi connectivity index (χ0v) is 15.5. The molecule has 26 heavy (non-hydrogen) atoms. The molecule has 0 amide bonds. The average Bonchev–Trinajstić information content (AvgIpc) is 3.16. The van der Waals surface area contributed by atoms with Gasteiger partial charge in [0.15, 0.2) is 0 Å². The summed E-state index contributed by atoms with van der Waals surface area (Å²) in [5.41, 5.74) is 5.01. The molecule has 0 aliphatic carbocycles. The summed E-state index contributed by atoms with van der Waals surface area (Å²) in [5, 5.41) is 0. The van der Waals surface area contributed by atoms with Crippen LogP contribution in [-0.2, 0) is 0 Å². The second-order valence-corrected chi connectivity index (χ2v) is 7.10. The Morgan fingerprint density at radius 2 is 1.31 bits per heavy atom. The van der Waals surface area contributed by atoms with Crippen LogP contribution in [0.1, 0.15) is 6.92 Å². The number of ether oxygens (including phenoxy) is 1. The first-order chi connectivity index (χ1) is 12.8. The van der Waals surface area contributed by atoms with Crippen molar-refractivity contribution in [2.45, 2.75) is 6.92 Å². The Bertz CT molecular complexity index is 913. The van der Waals surface area contributed by atoms with E-state index in [2.05, 4.69) is 78.9 Å². The van der Waals surface area contributed by atoms with E-state index in [4.69, 9.17) is 4.74 Å². The Morgan fingerprint density at radius 3 is 1.92 bits per heavy atom. The normalized spacial score (nSPS) is 10.7. The van der Waals surface area contributed by atoms with Gasteiger partial charge >= 0.3 is 0 Å². The Balaban J connectivity index is 1.81. The van der Waals surface area contributed by atoms with E-state index >= 15 is 0 Å². The van der Waals surface area contributed by atoms with Crippen molar-refractivity contribution < 1.29 is 4.74 Å². The van der Waals surface area contributed by atoms with Crippen LogP contribution in [0.25, 0.3) is 32.0 Å². The maximum absolute atomic E-state index is 5.57. The summed E-state index contributed by atoms with van der Waals surface area (Å²) in [5.74, 6) is 0.916. The van der Waals surface area contributed by atoms with Crippen molar-refractivity contribution in [3.63, 3.8) is 0 Å². The lowest BCUT2D eigenvalue weighted by molar-refractivity contribution is 0.340. The van der Waals surface area contributed by atoms with E-state index in [-0.39, 0.29) is 0 Å². The van der Waals surface area contributed by atoms with Gasteiger partial charge in [0.2, 0.25) is 0 Å². The van der Waals surface area contributed by atoms with Crippen LogP contribution in [0, 0.1) is 0 Å². The third kappa shape index (κ3) is 3.42. The minimum atomic E-state index is 0.689. The third-order valence-corrected chi connectivity index (χ3v) is 5.54. The molecule has 0 saturated carbocycles. The molecule has 0 aliphatic rings. The highest BCUT2D eigenvalue weighted by molar-refractivity contribution is 7.19. The van der Waals surface area contributed by atoms with Crippen molar-refractivity contribution in [1.82, 2.24) is 0 Å². The summed E-state index contributed by atoms with van der Waals surface area (Å²) >= 11 is 1.84. The molecule has 128 valence electrons. The number of thiophene rings is 1. The van der Waals surface area contributed by atoms with Crippen molar-refractivity contribution >= 4 is 11.3 Å². The van der Waals surface area contributed by atoms with Gasteiger partial charge in [-0.15, -0.1) is 11.3 Å². The van der Waals surface area contributed by atoms with Crippen molar-refractivity contribution in [2.24, 2.45) is 0 Å². The van der Waals surface area contributed by atoms with Crippen LogP contribution in [0.3, 0.4) is 0 Å². The second kappa shape index (κ2) is 7.59. The van der Waals surface area contributed by atoms with Crippen LogP contribution in [0.5, 0.6) is 5.75 Å². The Hall–Kier alpha value is -2.84. The van der Waals surface area contributed by atoms with Crippen molar-refractivity contribution in [2.75, 3.05) is 6.61 Å². The highest BCUT2D eigenvalue weighted by atomic mass is 32.1. The van der Waals surface area contributed by atoms with Crippen molar-refractivity contribution in [3.05, 3.63) is 91.0 Å². The maximum Gasteiger partial charge on any atom is 0.119 e. The summed E-state index contributed by atoms with van der Waals surface area (Å²) in [6, 6.07) is 31.9. The highest BCUT2D eigenvalue weighted by Gasteiger charge is 2.14. The van der Waals surface area contributed by atoms with Gasteiger partial charge in [0.05, 0.1) is 6.61 Å². The molecule has 0 spiro atoms. The topological polar surface area (TPSA) is 9.23 Å². The van der Waals surface area contributed by atoms with Crippen molar-refractivity contribution in [1.29, 1.82) is 0 Å². The van der Waals surface area contributed by atoms with E-state index in [1.54, 1.807) is 0 Å². The van der Waals surface area contributed by atoms with E-state index in [0.717, 1.165) is 5.75 Å². The summed E-state index contributed by atoms with van der Waals surface area (Å²) < 4.78 is 5.57. The highest BCUT2D eigenvalue weighted by Crippen LogP contribution is 2.43. The molecule has 0 aliphatic heterocycles. The molecular formula is C24H20OS. The molecule has 0 N–H and O–H groups in total. The van der Waals surface area contributed by atoms with Gasteiger partial charge in [0, 0.05) is 15.3 Å². The van der Waals surface area contributed by atoms with Gasteiger partial charge in [-0.1, -0.05) is 60.7 Å².